The van der Waals surface area contributed by atoms with Crippen molar-refractivity contribution in [1.82, 2.24) is 10.6 Å². The Bertz CT molecular complexity index is 2210. The summed E-state index contributed by atoms with van der Waals surface area (Å²) < 4.78 is 74.0. The maximum atomic E-state index is 14.4. The average Bonchev–Trinajstić information content (AvgIpc) is 4.05. The minimum atomic E-state index is -2.20. The Balaban J connectivity index is 0.831. The Morgan fingerprint density at radius 3 is 1.38 bits per heavy atom. The Kier molecular flexibility index (Phi) is 20.1. The highest BCUT2D eigenvalue weighted by atomic mass is 31.1. The maximum absolute atomic E-state index is 14.4. The van der Waals surface area contributed by atoms with E-state index in [9.17, 15) is 13.3 Å². The number of aryl methyl sites for hydroxylation is 2. The first-order valence-corrected chi connectivity index (χ1v) is 24.0. The molecule has 0 saturated heterocycles. The fraction of sp³-hybridized carbons (Fsp3) is 0.385. The highest BCUT2D eigenvalue weighted by Crippen LogP contribution is 2.32. The maximum Gasteiger partial charge on any atom is 0.697 e. The Hall–Kier alpha value is -5.56. The molecule has 0 radical (unpaired) electrons. The first-order chi connectivity index (χ1) is 32.1. The molecule has 0 aliphatic carbocycles. The van der Waals surface area contributed by atoms with E-state index in [1.165, 1.54) is 0 Å². The highest BCUT2D eigenvalue weighted by Gasteiger charge is 2.19. The summed E-state index contributed by atoms with van der Waals surface area (Å²) in [5.74, 6) is -0.0991. The molecular formula is C52H64F2N4O7P+. The van der Waals surface area contributed by atoms with Gasteiger partial charge in [-0.1, -0.05) is 24.3 Å². The third kappa shape index (κ3) is 16.4. The molecule has 14 heteroatoms. The molecule has 4 aromatic carbocycles. The predicted octanol–water partition coefficient (Wildman–Crippen LogP) is 12.5. The quantitative estimate of drug-likeness (QED) is 0.0255. The normalized spacial score (nSPS) is 11.4. The van der Waals surface area contributed by atoms with Crippen LogP contribution in [0, 0.1) is 11.6 Å². The summed E-state index contributed by atoms with van der Waals surface area (Å²) in [5, 5.41) is 14.0. The van der Waals surface area contributed by atoms with Crippen LogP contribution in [0.1, 0.15) is 75.6 Å². The number of rotatable bonds is 30. The molecular weight excluding hydrogens is 862 g/mol. The van der Waals surface area contributed by atoms with Crippen LogP contribution < -0.4 is 30.7 Å². The molecule has 2 aromatic heterocycles. The van der Waals surface area contributed by atoms with Crippen LogP contribution in [0.3, 0.4) is 0 Å². The lowest BCUT2D eigenvalue weighted by molar-refractivity contribution is 0.220. The van der Waals surface area contributed by atoms with E-state index in [1.807, 2.05) is 52.0 Å². The van der Waals surface area contributed by atoms with Crippen molar-refractivity contribution in [3.8, 4) is 33.8 Å². The van der Waals surface area contributed by atoms with Crippen LogP contribution in [0.4, 0.5) is 20.2 Å². The van der Waals surface area contributed by atoms with Crippen LogP contribution in [0.25, 0.3) is 22.3 Å². The SMILES string of the molecule is CC(C)Oc1ccc(CCCNc2ccc(CNCCCO[P+](=O)OCCCNCc3ccc(NCCCc4ccc(OC(C)C)c(F)c4)c(-c4ccoc4)c3)cc2-c2ccoc2)cc1F. The number of nitrogens with one attached hydrogen (secondary N) is 4. The molecule has 4 N–H and O–H groups in total. The summed E-state index contributed by atoms with van der Waals surface area (Å²) in [7, 11) is -2.20. The van der Waals surface area contributed by atoms with E-state index in [-0.39, 0.29) is 35.3 Å². The molecule has 352 valence electrons. The average molecular weight is 926 g/mol. The van der Waals surface area contributed by atoms with E-state index in [2.05, 4.69) is 57.7 Å². The number of benzene rings is 4. The lowest BCUT2D eigenvalue weighted by Gasteiger charge is -2.14. The van der Waals surface area contributed by atoms with Gasteiger partial charge in [0.15, 0.2) is 23.1 Å². The van der Waals surface area contributed by atoms with Gasteiger partial charge in [0, 0.05) is 64.4 Å². The van der Waals surface area contributed by atoms with Crippen molar-refractivity contribution in [3.05, 3.63) is 144 Å². The number of anilines is 2. The summed E-state index contributed by atoms with van der Waals surface area (Å²) in [6.07, 6.45) is 11.1. The zero-order valence-corrected chi connectivity index (χ0v) is 39.4. The monoisotopic (exact) mass is 925 g/mol. The molecule has 0 aliphatic rings. The molecule has 0 saturated carbocycles. The van der Waals surface area contributed by atoms with Crippen molar-refractivity contribution in [3.63, 3.8) is 0 Å². The molecule has 6 rings (SSSR count). The molecule has 2 heterocycles. The first-order valence-electron chi connectivity index (χ1n) is 22.9. The molecule has 0 fully saturated rings. The highest BCUT2D eigenvalue weighted by molar-refractivity contribution is 7.33. The largest absolute Gasteiger partial charge is 0.697 e. The third-order valence-electron chi connectivity index (χ3n) is 10.5. The Labute approximate surface area is 388 Å². The van der Waals surface area contributed by atoms with Gasteiger partial charge in [-0.15, -0.1) is 9.05 Å². The topological polar surface area (TPSA) is 128 Å². The summed E-state index contributed by atoms with van der Waals surface area (Å²) in [4.78, 5) is 0. The summed E-state index contributed by atoms with van der Waals surface area (Å²) in [5.41, 5.74) is 10.1. The number of furan rings is 2. The second-order valence-corrected chi connectivity index (χ2v) is 17.6. The van der Waals surface area contributed by atoms with Crippen LogP contribution in [0.15, 0.2) is 119 Å². The Morgan fingerprint density at radius 1 is 0.545 bits per heavy atom. The minimum Gasteiger partial charge on any atom is -0.488 e. The molecule has 0 bridgehead atoms. The number of halogens is 2. The van der Waals surface area contributed by atoms with E-state index in [0.717, 1.165) is 94.7 Å². The smallest absolute Gasteiger partial charge is 0.488 e. The van der Waals surface area contributed by atoms with Crippen molar-refractivity contribution >= 4 is 19.6 Å². The van der Waals surface area contributed by atoms with Crippen LogP contribution in [-0.2, 0) is 39.5 Å². The second kappa shape index (κ2) is 26.6. The molecule has 0 unspecified atom stereocenters. The van der Waals surface area contributed by atoms with Gasteiger partial charge in [-0.3, -0.25) is 0 Å². The van der Waals surface area contributed by atoms with Crippen molar-refractivity contribution < 1.29 is 40.7 Å². The van der Waals surface area contributed by atoms with E-state index in [0.29, 0.717) is 52.2 Å². The van der Waals surface area contributed by atoms with E-state index in [4.69, 9.17) is 27.4 Å². The zero-order chi connectivity index (χ0) is 46.5. The molecule has 0 atom stereocenters. The van der Waals surface area contributed by atoms with Gasteiger partial charge in [-0.05, 0) is 162 Å². The van der Waals surface area contributed by atoms with Gasteiger partial charge < -0.3 is 39.6 Å². The van der Waals surface area contributed by atoms with Crippen LogP contribution in [-0.4, -0.2) is 51.6 Å². The van der Waals surface area contributed by atoms with Gasteiger partial charge in [0.25, 0.3) is 0 Å². The third-order valence-corrected chi connectivity index (χ3v) is 11.3. The summed E-state index contributed by atoms with van der Waals surface area (Å²) >= 11 is 0. The molecule has 0 aliphatic heterocycles. The van der Waals surface area contributed by atoms with Gasteiger partial charge in [0.05, 0.1) is 37.3 Å². The van der Waals surface area contributed by atoms with Gasteiger partial charge in [-0.25, -0.2) is 8.78 Å². The molecule has 0 spiro atoms. The zero-order valence-electron chi connectivity index (χ0n) is 38.5. The van der Waals surface area contributed by atoms with Crippen molar-refractivity contribution in [2.45, 2.75) is 91.5 Å². The summed E-state index contributed by atoms with van der Waals surface area (Å²) in [6, 6.07) is 26.9. The Morgan fingerprint density at radius 2 is 0.985 bits per heavy atom. The fourth-order valence-corrected chi connectivity index (χ4v) is 7.96. The molecule has 0 amide bonds. The van der Waals surface area contributed by atoms with Crippen molar-refractivity contribution in [2.75, 3.05) is 50.0 Å². The molecule has 66 heavy (non-hydrogen) atoms. The van der Waals surface area contributed by atoms with Crippen molar-refractivity contribution in [2.24, 2.45) is 0 Å². The predicted molar refractivity (Wildman–Crippen MR) is 258 cm³/mol. The lowest BCUT2D eigenvalue weighted by atomic mass is 10.0. The standard InChI is InChI=1S/C52H64F2N4O7P/c1-37(2)64-51-17-13-39(31-47(51)53)9-5-23-57-49-15-11-41(29-45(49)43-19-27-60-35-43)33-55-21-7-25-62-66(59)63-26-8-22-56-34-42-12-16-50(46(30-42)44-20-28-61-36-44)58-24-6-10-40-14-18-52(48(54)32-40)65-38(3)4/h11-20,27-32,35-38,55-58H,5-10,21-26,33-34H2,1-4H3/q+1. The fourth-order valence-electron chi connectivity index (χ4n) is 7.33. The molecule has 6 aromatic rings. The minimum absolute atomic E-state index is 0.0795. The van der Waals surface area contributed by atoms with Gasteiger partial charge in [-0.2, -0.15) is 0 Å². The van der Waals surface area contributed by atoms with E-state index < -0.39 is 8.25 Å². The number of hydrogen-bond donors (Lipinski definition) is 4. The van der Waals surface area contributed by atoms with Gasteiger partial charge >= 0.3 is 8.25 Å². The molecule has 11 nitrogen and oxygen atoms in total. The van der Waals surface area contributed by atoms with E-state index in [1.54, 1.807) is 49.3 Å². The van der Waals surface area contributed by atoms with Crippen molar-refractivity contribution in [1.29, 1.82) is 0 Å². The van der Waals surface area contributed by atoms with Crippen LogP contribution >= 0.6 is 8.25 Å². The van der Waals surface area contributed by atoms with E-state index >= 15 is 0 Å². The number of ether oxygens (including phenoxy) is 2. The second-order valence-electron chi connectivity index (χ2n) is 16.7. The number of hydrogen-bond acceptors (Lipinski definition) is 11. The summed E-state index contributed by atoms with van der Waals surface area (Å²) in [6.45, 7) is 12.3. The first kappa shape index (κ1) is 49.9. The van der Waals surface area contributed by atoms with Crippen LogP contribution in [0.2, 0.25) is 0 Å². The van der Waals surface area contributed by atoms with Crippen LogP contribution in [0.5, 0.6) is 11.5 Å². The lowest BCUT2D eigenvalue weighted by Crippen LogP contribution is -2.16. The van der Waals surface area contributed by atoms with Gasteiger partial charge in [0.1, 0.15) is 13.2 Å². The van der Waals surface area contributed by atoms with Gasteiger partial charge in [0.2, 0.25) is 0 Å².